The topological polar surface area (TPSA) is 42.1 Å². The highest BCUT2D eigenvalue weighted by Crippen LogP contribution is 2.20. The Kier molecular flexibility index (Phi) is 7.31. The van der Waals surface area contributed by atoms with Crippen molar-refractivity contribution in [2.24, 2.45) is 5.73 Å². The third kappa shape index (κ3) is 5.23. The maximum absolute atomic E-state index is 13.9. The highest BCUT2D eigenvalue weighted by Gasteiger charge is 2.11. The van der Waals surface area contributed by atoms with Gasteiger partial charge in [-0.15, -0.1) is 12.4 Å². The molecule has 0 bridgehead atoms. The highest BCUT2D eigenvalue weighted by atomic mass is 35.5. The first kappa shape index (κ1) is 19.3. The van der Waals surface area contributed by atoms with Crippen molar-refractivity contribution >= 4 is 23.3 Å². The first-order valence-electron chi connectivity index (χ1n) is 8.26. The molecule has 0 unspecified atom stereocenters. The summed E-state index contributed by atoms with van der Waals surface area (Å²) in [6, 6.07) is 17.2. The Balaban J connectivity index is 0.00000225. The van der Waals surface area contributed by atoms with Gasteiger partial charge >= 0.3 is 0 Å². The van der Waals surface area contributed by atoms with E-state index in [1.54, 1.807) is 12.3 Å². The van der Waals surface area contributed by atoms with Crippen LogP contribution in [0.3, 0.4) is 0 Å². The minimum absolute atomic E-state index is 0. The molecule has 5 heteroatoms. The summed E-state index contributed by atoms with van der Waals surface area (Å²) in [6.45, 7) is 2.88. The van der Waals surface area contributed by atoms with E-state index in [0.29, 0.717) is 13.1 Å². The molecular weight excluding hydrogens is 337 g/mol. The Morgan fingerprint density at radius 2 is 1.80 bits per heavy atom. The summed E-state index contributed by atoms with van der Waals surface area (Å²) in [6.07, 6.45) is 2.70. The lowest BCUT2D eigenvalue weighted by Crippen LogP contribution is -2.31. The average Bonchev–Trinajstić information content (AvgIpc) is 2.60. The first-order chi connectivity index (χ1) is 11.8. The molecule has 0 aliphatic heterocycles. The van der Waals surface area contributed by atoms with Gasteiger partial charge in [0.15, 0.2) is 0 Å². The average molecular weight is 360 g/mol. The summed E-state index contributed by atoms with van der Waals surface area (Å²) in [7, 11) is 0. The van der Waals surface area contributed by atoms with Crippen molar-refractivity contribution < 1.29 is 4.39 Å². The van der Waals surface area contributed by atoms with Crippen LogP contribution >= 0.6 is 12.4 Å². The van der Waals surface area contributed by atoms with Gasteiger partial charge in [-0.3, -0.25) is 9.88 Å². The summed E-state index contributed by atoms with van der Waals surface area (Å²) in [5.41, 5.74) is 8.83. The van der Waals surface area contributed by atoms with Crippen LogP contribution in [0.4, 0.5) is 4.39 Å². The maximum atomic E-state index is 13.9. The smallest absolute Gasteiger partial charge is 0.124 e. The van der Waals surface area contributed by atoms with Crippen LogP contribution in [-0.4, -0.2) is 29.5 Å². The Hall–Kier alpha value is -2.01. The molecule has 0 atom stereocenters. The van der Waals surface area contributed by atoms with E-state index in [9.17, 15) is 4.39 Å². The van der Waals surface area contributed by atoms with E-state index in [2.05, 4.69) is 22.0 Å². The monoisotopic (exact) mass is 359 g/mol. The lowest BCUT2D eigenvalue weighted by Gasteiger charge is -2.22. The van der Waals surface area contributed by atoms with E-state index in [4.69, 9.17) is 5.73 Å². The van der Waals surface area contributed by atoms with Crippen molar-refractivity contribution in [3.8, 4) is 0 Å². The van der Waals surface area contributed by atoms with Gasteiger partial charge in [0.05, 0.1) is 5.52 Å². The van der Waals surface area contributed by atoms with E-state index < -0.39 is 0 Å². The van der Waals surface area contributed by atoms with Crippen LogP contribution in [0.15, 0.2) is 60.8 Å². The van der Waals surface area contributed by atoms with E-state index in [1.165, 1.54) is 11.6 Å². The van der Waals surface area contributed by atoms with Gasteiger partial charge in [0.25, 0.3) is 0 Å². The lowest BCUT2D eigenvalue weighted by molar-refractivity contribution is 0.277. The molecule has 0 amide bonds. The summed E-state index contributed by atoms with van der Waals surface area (Å²) >= 11 is 0. The van der Waals surface area contributed by atoms with Crippen molar-refractivity contribution in [1.29, 1.82) is 0 Å². The number of nitrogens with zero attached hydrogens (tertiary/aromatic N) is 2. The van der Waals surface area contributed by atoms with Crippen LogP contribution in [0, 0.1) is 5.82 Å². The molecule has 0 saturated heterocycles. The van der Waals surface area contributed by atoms with Gasteiger partial charge in [0.1, 0.15) is 5.82 Å². The van der Waals surface area contributed by atoms with Gasteiger partial charge in [-0.25, -0.2) is 4.39 Å². The summed E-state index contributed by atoms with van der Waals surface area (Å²) in [4.78, 5) is 6.69. The second-order valence-corrected chi connectivity index (χ2v) is 5.94. The number of benzene rings is 2. The first-order valence-corrected chi connectivity index (χ1v) is 8.26. The minimum atomic E-state index is -0.221. The number of pyridine rings is 1. The highest BCUT2D eigenvalue weighted by molar-refractivity contribution is 5.85. The maximum Gasteiger partial charge on any atom is 0.124 e. The zero-order chi connectivity index (χ0) is 16.8. The second-order valence-electron chi connectivity index (χ2n) is 5.94. The zero-order valence-corrected chi connectivity index (χ0v) is 14.9. The van der Waals surface area contributed by atoms with Gasteiger partial charge in [-0.2, -0.15) is 0 Å². The Morgan fingerprint density at radius 1 is 1.00 bits per heavy atom. The molecule has 3 nitrogen and oxygen atoms in total. The van der Waals surface area contributed by atoms with Crippen molar-refractivity contribution in [2.45, 2.75) is 13.0 Å². The molecule has 0 spiro atoms. The van der Waals surface area contributed by atoms with Crippen molar-refractivity contribution in [3.63, 3.8) is 0 Å². The van der Waals surface area contributed by atoms with Crippen LogP contribution in [0.2, 0.25) is 0 Å². The standard InChI is InChI=1S/C20H22FN3.ClH/c21-19-13-17-7-4-10-23-20(17)18(14-19)15-24(12-9-22)11-8-16-5-2-1-3-6-16;/h1-7,10,13-14H,8-9,11-12,15,22H2;1H. The fraction of sp³-hybridized carbons (Fsp3) is 0.250. The largest absolute Gasteiger partial charge is 0.329 e. The van der Waals surface area contributed by atoms with Gasteiger partial charge in [0, 0.05) is 37.8 Å². The lowest BCUT2D eigenvalue weighted by atomic mass is 10.1. The number of rotatable bonds is 7. The molecule has 132 valence electrons. The number of nitrogens with two attached hydrogens (primary N) is 1. The van der Waals surface area contributed by atoms with Gasteiger partial charge in [-0.05, 0) is 35.7 Å². The number of hydrogen-bond donors (Lipinski definition) is 1. The molecule has 2 N–H and O–H groups in total. The van der Waals surface area contributed by atoms with Crippen LogP contribution in [0.1, 0.15) is 11.1 Å². The second kappa shape index (κ2) is 9.47. The van der Waals surface area contributed by atoms with Crippen molar-refractivity contribution in [3.05, 3.63) is 77.7 Å². The number of aromatic nitrogens is 1. The van der Waals surface area contributed by atoms with Crippen LogP contribution in [0.25, 0.3) is 10.9 Å². The SMILES string of the molecule is Cl.NCCN(CCc1ccccc1)Cc1cc(F)cc2cccnc12. The van der Waals surface area contributed by atoms with Gasteiger partial charge < -0.3 is 5.73 Å². The predicted octanol–water partition coefficient (Wildman–Crippen LogP) is 3.80. The normalized spacial score (nSPS) is 10.8. The molecule has 25 heavy (non-hydrogen) atoms. The summed E-state index contributed by atoms with van der Waals surface area (Å²) in [5, 5.41) is 0.836. The molecule has 0 aliphatic rings. The molecule has 1 heterocycles. The van der Waals surface area contributed by atoms with Gasteiger partial charge in [-0.1, -0.05) is 36.4 Å². The number of fused-ring (bicyclic) bond motifs is 1. The fourth-order valence-electron chi connectivity index (χ4n) is 2.97. The quantitative estimate of drug-likeness (QED) is 0.697. The summed E-state index contributed by atoms with van der Waals surface area (Å²) in [5.74, 6) is -0.221. The molecule has 1 aromatic heterocycles. The molecule has 0 saturated carbocycles. The van der Waals surface area contributed by atoms with E-state index >= 15 is 0 Å². The molecule has 2 aromatic carbocycles. The molecule has 3 rings (SSSR count). The molecule has 0 aliphatic carbocycles. The molecule has 3 aromatic rings. The van der Waals surface area contributed by atoms with Crippen LogP contribution in [-0.2, 0) is 13.0 Å². The zero-order valence-electron chi connectivity index (χ0n) is 14.1. The Bertz CT molecular complexity index is 795. The van der Waals surface area contributed by atoms with Crippen LogP contribution < -0.4 is 5.73 Å². The van der Waals surface area contributed by atoms with E-state index in [1.807, 2.05) is 30.3 Å². The van der Waals surface area contributed by atoms with E-state index in [0.717, 1.165) is 36.0 Å². The number of hydrogen-bond acceptors (Lipinski definition) is 3. The predicted molar refractivity (Wildman–Crippen MR) is 103 cm³/mol. The number of halogens is 2. The molecule has 0 radical (unpaired) electrons. The third-order valence-corrected chi connectivity index (χ3v) is 4.15. The third-order valence-electron chi connectivity index (χ3n) is 4.15. The molecule has 0 fully saturated rings. The Labute approximate surface area is 154 Å². The van der Waals surface area contributed by atoms with Gasteiger partial charge in [0.2, 0.25) is 0 Å². The summed E-state index contributed by atoms with van der Waals surface area (Å²) < 4.78 is 13.9. The van der Waals surface area contributed by atoms with Crippen LogP contribution in [0.5, 0.6) is 0 Å². The fourth-order valence-corrected chi connectivity index (χ4v) is 2.97. The minimum Gasteiger partial charge on any atom is -0.329 e. The van der Waals surface area contributed by atoms with Crippen molar-refractivity contribution in [2.75, 3.05) is 19.6 Å². The Morgan fingerprint density at radius 3 is 2.56 bits per heavy atom. The van der Waals surface area contributed by atoms with E-state index in [-0.39, 0.29) is 18.2 Å². The molecular formula is C20H23ClFN3. The van der Waals surface area contributed by atoms with Crippen molar-refractivity contribution in [1.82, 2.24) is 9.88 Å².